The Morgan fingerprint density at radius 2 is 1.06 bits per heavy atom. The second-order valence-electron chi connectivity index (χ2n) is 3.75. The monoisotopic (exact) mass is 249 g/mol. The van der Waals surface area contributed by atoms with Gasteiger partial charge >= 0.3 is 0 Å². The van der Waals surface area contributed by atoms with Crippen molar-refractivity contribution in [2.24, 2.45) is 0 Å². The molecule has 0 heterocycles. The van der Waals surface area contributed by atoms with Crippen molar-refractivity contribution < 1.29 is 12.4 Å². The van der Waals surface area contributed by atoms with Gasteiger partial charge in [-0.25, -0.2) is 0 Å². The largest absolute Gasteiger partial charge is 1.00 e. The molecule has 84 valence electrons. The lowest BCUT2D eigenvalue weighted by Crippen LogP contribution is -3.00. The molecule has 0 aliphatic heterocycles. The van der Waals surface area contributed by atoms with Crippen LogP contribution >= 0.6 is 8.58 Å². The van der Waals surface area contributed by atoms with Crippen LogP contribution in [-0.2, 0) is 0 Å². The predicted molar refractivity (Wildman–Crippen MR) is 69.9 cm³/mol. The van der Waals surface area contributed by atoms with Crippen LogP contribution in [0.2, 0.25) is 0 Å². The molecule has 0 saturated heterocycles. The molecular weight excluding hydrogens is 235 g/mol. The Labute approximate surface area is 105 Å². The highest BCUT2D eigenvalue weighted by molar-refractivity contribution is 7.55. The summed E-state index contributed by atoms with van der Waals surface area (Å²) in [6.07, 6.45) is 0. The van der Waals surface area contributed by atoms with Gasteiger partial charge in [0.15, 0.2) is 0 Å². The zero-order chi connectivity index (χ0) is 10.7. The minimum absolute atomic E-state index is 0. The van der Waals surface area contributed by atoms with E-state index < -0.39 is 0 Å². The van der Waals surface area contributed by atoms with Crippen LogP contribution < -0.4 is 23.0 Å². The summed E-state index contributed by atoms with van der Waals surface area (Å²) in [7, 11) is 0.774. The standard InChI is InChI=1S/C14H15P.ClH/c1-11-7-3-5-9-13(11)15-14-10-6-4-8-12(14)2;/h3-10,15H,1-2H3;1H/p-1. The van der Waals surface area contributed by atoms with Crippen LogP contribution in [0.5, 0.6) is 0 Å². The fourth-order valence-electron chi connectivity index (χ4n) is 1.57. The first-order chi connectivity index (χ1) is 7.27. The zero-order valence-electron chi connectivity index (χ0n) is 9.50. The van der Waals surface area contributed by atoms with Crippen molar-refractivity contribution in [2.45, 2.75) is 13.8 Å². The van der Waals surface area contributed by atoms with Gasteiger partial charge in [-0.15, -0.1) is 0 Å². The summed E-state index contributed by atoms with van der Waals surface area (Å²) in [6.45, 7) is 4.36. The topological polar surface area (TPSA) is 0 Å². The molecule has 16 heavy (non-hydrogen) atoms. The third-order valence-corrected chi connectivity index (χ3v) is 4.22. The van der Waals surface area contributed by atoms with E-state index in [9.17, 15) is 0 Å². The highest BCUT2D eigenvalue weighted by Gasteiger charge is 2.00. The fraction of sp³-hybridized carbons (Fsp3) is 0.143. The first-order valence-electron chi connectivity index (χ1n) is 5.15. The minimum Gasteiger partial charge on any atom is -1.00 e. The molecule has 0 bridgehead atoms. The van der Waals surface area contributed by atoms with Crippen LogP contribution in [0.3, 0.4) is 0 Å². The molecule has 0 spiro atoms. The Morgan fingerprint density at radius 3 is 1.44 bits per heavy atom. The van der Waals surface area contributed by atoms with Crippen LogP contribution in [0.25, 0.3) is 0 Å². The van der Waals surface area contributed by atoms with Gasteiger partial charge in [-0.2, -0.15) is 0 Å². The Hall–Kier alpha value is -0.840. The van der Waals surface area contributed by atoms with Gasteiger partial charge in [0, 0.05) is 0 Å². The van der Waals surface area contributed by atoms with Gasteiger partial charge in [-0.05, 0) is 35.6 Å². The first-order valence-corrected chi connectivity index (χ1v) is 6.15. The van der Waals surface area contributed by atoms with Gasteiger partial charge in [0.05, 0.1) is 0 Å². The number of benzene rings is 2. The van der Waals surface area contributed by atoms with Crippen LogP contribution in [0, 0.1) is 13.8 Å². The Balaban J connectivity index is 0.00000128. The SMILES string of the molecule is Cc1ccccc1Pc1ccccc1C.[Cl-]. The molecule has 0 aliphatic rings. The summed E-state index contributed by atoms with van der Waals surface area (Å²) in [5, 5.41) is 2.90. The highest BCUT2D eigenvalue weighted by Crippen LogP contribution is 2.15. The summed E-state index contributed by atoms with van der Waals surface area (Å²) < 4.78 is 0. The molecular formula is C14H15ClP-. The summed E-state index contributed by atoms with van der Waals surface area (Å²) in [6, 6.07) is 17.2. The molecule has 0 aromatic heterocycles. The fourth-order valence-corrected chi connectivity index (χ4v) is 2.78. The average Bonchev–Trinajstić information content (AvgIpc) is 2.24. The Kier molecular flexibility index (Phi) is 4.99. The second-order valence-corrected chi connectivity index (χ2v) is 5.08. The van der Waals surface area contributed by atoms with Gasteiger partial charge in [0.1, 0.15) is 0 Å². The minimum atomic E-state index is 0. The van der Waals surface area contributed by atoms with Crippen molar-refractivity contribution in [2.75, 3.05) is 0 Å². The molecule has 0 saturated carbocycles. The maximum absolute atomic E-state index is 2.22. The van der Waals surface area contributed by atoms with Crippen LogP contribution in [0.15, 0.2) is 48.5 Å². The summed E-state index contributed by atoms with van der Waals surface area (Å²) >= 11 is 0. The van der Waals surface area contributed by atoms with E-state index in [1.807, 2.05) is 0 Å². The summed E-state index contributed by atoms with van der Waals surface area (Å²) in [5.74, 6) is 0. The molecule has 2 aromatic rings. The molecule has 2 heteroatoms. The molecule has 0 radical (unpaired) electrons. The molecule has 0 nitrogen and oxygen atoms in total. The quantitative estimate of drug-likeness (QED) is 0.654. The van der Waals surface area contributed by atoms with E-state index in [-0.39, 0.29) is 12.4 Å². The van der Waals surface area contributed by atoms with E-state index >= 15 is 0 Å². The molecule has 2 rings (SSSR count). The third-order valence-electron chi connectivity index (χ3n) is 2.56. The Morgan fingerprint density at radius 1 is 0.688 bits per heavy atom. The van der Waals surface area contributed by atoms with E-state index in [1.54, 1.807) is 0 Å². The smallest absolute Gasteiger partial charge is 0.0197 e. The van der Waals surface area contributed by atoms with Gasteiger partial charge in [-0.1, -0.05) is 57.1 Å². The van der Waals surface area contributed by atoms with Crippen molar-refractivity contribution in [1.29, 1.82) is 0 Å². The van der Waals surface area contributed by atoms with Gasteiger partial charge in [0.25, 0.3) is 0 Å². The molecule has 2 aromatic carbocycles. The molecule has 0 N–H and O–H groups in total. The number of rotatable bonds is 2. The first kappa shape index (κ1) is 13.2. The lowest BCUT2D eigenvalue weighted by atomic mass is 10.2. The lowest BCUT2D eigenvalue weighted by Gasteiger charge is -2.08. The van der Waals surface area contributed by atoms with Crippen LogP contribution in [-0.4, -0.2) is 0 Å². The highest BCUT2D eigenvalue weighted by atomic mass is 35.5. The molecule has 0 fully saturated rings. The van der Waals surface area contributed by atoms with Crippen molar-refractivity contribution in [3.05, 3.63) is 59.7 Å². The normalized spacial score (nSPS) is 9.62. The molecule has 0 unspecified atom stereocenters. The predicted octanol–water partition coefficient (Wildman–Crippen LogP) is -0.0633. The summed E-state index contributed by atoms with van der Waals surface area (Å²) in [5.41, 5.74) is 2.78. The van der Waals surface area contributed by atoms with Gasteiger partial charge in [0.2, 0.25) is 0 Å². The van der Waals surface area contributed by atoms with E-state index in [1.165, 1.54) is 21.7 Å². The Bertz CT molecular complexity index is 422. The third kappa shape index (κ3) is 3.07. The van der Waals surface area contributed by atoms with Gasteiger partial charge < -0.3 is 12.4 Å². The van der Waals surface area contributed by atoms with Crippen molar-refractivity contribution >= 4 is 19.2 Å². The number of aryl methyl sites for hydroxylation is 2. The van der Waals surface area contributed by atoms with Crippen molar-refractivity contribution in [3.8, 4) is 0 Å². The van der Waals surface area contributed by atoms with E-state index in [2.05, 4.69) is 62.4 Å². The van der Waals surface area contributed by atoms with E-state index in [0.29, 0.717) is 0 Å². The van der Waals surface area contributed by atoms with E-state index in [0.717, 1.165) is 8.58 Å². The number of hydrogen-bond donors (Lipinski definition) is 0. The molecule has 0 aliphatic carbocycles. The zero-order valence-corrected chi connectivity index (χ0v) is 11.3. The second kappa shape index (κ2) is 6.03. The van der Waals surface area contributed by atoms with Crippen molar-refractivity contribution in [3.63, 3.8) is 0 Å². The maximum atomic E-state index is 2.22. The number of halogens is 1. The van der Waals surface area contributed by atoms with E-state index in [4.69, 9.17) is 0 Å². The van der Waals surface area contributed by atoms with Crippen LogP contribution in [0.1, 0.15) is 11.1 Å². The maximum Gasteiger partial charge on any atom is -0.0197 e. The van der Waals surface area contributed by atoms with Crippen LogP contribution in [0.4, 0.5) is 0 Å². The molecule has 0 amide bonds. The average molecular weight is 250 g/mol. The summed E-state index contributed by atoms with van der Waals surface area (Å²) in [4.78, 5) is 0. The van der Waals surface area contributed by atoms with Gasteiger partial charge in [-0.3, -0.25) is 0 Å². The lowest BCUT2D eigenvalue weighted by molar-refractivity contribution is -0.00000300. The number of hydrogen-bond acceptors (Lipinski definition) is 0. The van der Waals surface area contributed by atoms with Crippen molar-refractivity contribution in [1.82, 2.24) is 0 Å². The molecule has 0 atom stereocenters.